The molecule has 0 aliphatic carbocycles. The van der Waals surface area contributed by atoms with E-state index in [9.17, 15) is 0 Å². The first-order valence-corrected chi connectivity index (χ1v) is 6.46. The molecule has 0 radical (unpaired) electrons. The molecule has 2 rings (SSSR count). The normalized spacial score (nSPS) is 10.1. The number of nitrogens with zero attached hydrogens (tertiary/aromatic N) is 1. The lowest BCUT2D eigenvalue weighted by atomic mass is 10.2. The topological polar surface area (TPSA) is 78.6 Å². The second-order valence-electron chi connectivity index (χ2n) is 4.10. The standard InChI is InChI=1S/C14H16ClN3O3/c1-19-11-7-12(20-2)10(6-8(11)15)17-14-9(16)4-5-13(18-14)21-3/h4-7H,16H2,1-3H3,(H,17,18). The molecule has 0 bridgehead atoms. The molecule has 0 amide bonds. The highest BCUT2D eigenvalue weighted by atomic mass is 35.5. The van der Waals surface area contributed by atoms with Gasteiger partial charge < -0.3 is 25.3 Å². The highest BCUT2D eigenvalue weighted by Gasteiger charge is 2.12. The van der Waals surface area contributed by atoms with E-state index in [1.807, 2.05) is 0 Å². The summed E-state index contributed by atoms with van der Waals surface area (Å²) in [6, 6.07) is 6.74. The van der Waals surface area contributed by atoms with E-state index in [0.717, 1.165) is 0 Å². The fourth-order valence-corrected chi connectivity index (χ4v) is 1.99. The predicted molar refractivity (Wildman–Crippen MR) is 83.0 cm³/mol. The van der Waals surface area contributed by atoms with Crippen molar-refractivity contribution in [1.82, 2.24) is 4.98 Å². The number of hydrogen-bond donors (Lipinski definition) is 2. The van der Waals surface area contributed by atoms with E-state index in [-0.39, 0.29) is 0 Å². The first-order valence-electron chi connectivity index (χ1n) is 6.08. The highest BCUT2D eigenvalue weighted by molar-refractivity contribution is 6.32. The number of methoxy groups -OCH3 is 3. The molecular formula is C14H16ClN3O3. The second-order valence-corrected chi connectivity index (χ2v) is 4.51. The van der Waals surface area contributed by atoms with Crippen LogP contribution >= 0.6 is 11.6 Å². The maximum Gasteiger partial charge on any atom is 0.215 e. The fourth-order valence-electron chi connectivity index (χ4n) is 1.75. The average molecular weight is 310 g/mol. The maximum atomic E-state index is 6.13. The molecule has 2 aromatic rings. The summed E-state index contributed by atoms with van der Waals surface area (Å²) in [4.78, 5) is 4.25. The van der Waals surface area contributed by atoms with Gasteiger partial charge in [0.1, 0.15) is 11.5 Å². The number of hydrogen-bond acceptors (Lipinski definition) is 6. The number of ether oxygens (including phenoxy) is 3. The summed E-state index contributed by atoms with van der Waals surface area (Å²) in [5.74, 6) is 1.98. The maximum absolute atomic E-state index is 6.13. The van der Waals surface area contributed by atoms with Crippen LogP contribution in [0.2, 0.25) is 5.02 Å². The molecule has 0 saturated carbocycles. The predicted octanol–water partition coefficient (Wildman–Crippen LogP) is 3.09. The van der Waals surface area contributed by atoms with Crippen molar-refractivity contribution in [3.05, 3.63) is 29.3 Å². The Morgan fingerprint density at radius 3 is 2.38 bits per heavy atom. The van der Waals surface area contributed by atoms with Gasteiger partial charge in [-0.15, -0.1) is 0 Å². The Hall–Kier alpha value is -2.34. The SMILES string of the molecule is COc1ccc(N)c(Nc2cc(Cl)c(OC)cc2OC)n1. The summed E-state index contributed by atoms with van der Waals surface area (Å²) < 4.78 is 15.5. The van der Waals surface area contributed by atoms with Gasteiger partial charge in [-0.1, -0.05) is 11.6 Å². The fraction of sp³-hybridized carbons (Fsp3) is 0.214. The van der Waals surface area contributed by atoms with Gasteiger partial charge in [-0.3, -0.25) is 0 Å². The third kappa shape index (κ3) is 3.22. The minimum absolute atomic E-state index is 0.447. The van der Waals surface area contributed by atoms with Crippen molar-refractivity contribution in [1.29, 1.82) is 0 Å². The number of nitrogen functional groups attached to an aromatic ring is 1. The van der Waals surface area contributed by atoms with Crippen molar-refractivity contribution in [3.8, 4) is 17.4 Å². The molecule has 7 heteroatoms. The summed E-state index contributed by atoms with van der Waals surface area (Å²) in [6.45, 7) is 0. The molecule has 0 unspecified atom stereocenters. The molecule has 0 saturated heterocycles. The molecule has 0 aliphatic rings. The van der Waals surface area contributed by atoms with Gasteiger partial charge in [-0.2, -0.15) is 4.98 Å². The molecule has 3 N–H and O–H groups in total. The molecule has 0 spiro atoms. The highest BCUT2D eigenvalue weighted by Crippen LogP contribution is 2.38. The lowest BCUT2D eigenvalue weighted by molar-refractivity contribution is 0.395. The van der Waals surface area contributed by atoms with Gasteiger partial charge in [0.25, 0.3) is 0 Å². The number of nitrogens with two attached hydrogens (primary N) is 1. The Morgan fingerprint density at radius 1 is 1.05 bits per heavy atom. The molecule has 0 fully saturated rings. The summed E-state index contributed by atoms with van der Waals surface area (Å²) in [7, 11) is 4.62. The van der Waals surface area contributed by atoms with E-state index in [0.29, 0.717) is 39.6 Å². The Bertz CT molecular complexity index is 650. The van der Waals surface area contributed by atoms with Crippen LogP contribution in [0.25, 0.3) is 0 Å². The van der Waals surface area contributed by atoms with Crippen LogP contribution in [-0.4, -0.2) is 26.3 Å². The van der Waals surface area contributed by atoms with Crippen molar-refractivity contribution in [2.45, 2.75) is 0 Å². The summed E-state index contributed by atoms with van der Waals surface area (Å²) in [5.41, 5.74) is 7.00. The van der Waals surface area contributed by atoms with Gasteiger partial charge in [-0.05, 0) is 12.1 Å². The third-order valence-electron chi connectivity index (χ3n) is 2.84. The van der Waals surface area contributed by atoms with Crippen molar-refractivity contribution >= 4 is 28.8 Å². The van der Waals surface area contributed by atoms with E-state index in [4.69, 9.17) is 31.5 Å². The number of rotatable bonds is 5. The second kappa shape index (κ2) is 6.41. The van der Waals surface area contributed by atoms with Gasteiger partial charge in [0.2, 0.25) is 5.88 Å². The van der Waals surface area contributed by atoms with Crippen LogP contribution in [0.1, 0.15) is 0 Å². The first kappa shape index (κ1) is 15.1. The smallest absolute Gasteiger partial charge is 0.215 e. The molecule has 112 valence electrons. The number of pyridine rings is 1. The van der Waals surface area contributed by atoms with Crippen molar-refractivity contribution in [2.24, 2.45) is 0 Å². The zero-order valence-electron chi connectivity index (χ0n) is 11.9. The minimum atomic E-state index is 0.447. The van der Waals surface area contributed by atoms with Gasteiger partial charge in [0.15, 0.2) is 5.82 Å². The van der Waals surface area contributed by atoms with Crippen LogP contribution in [0, 0.1) is 0 Å². The van der Waals surface area contributed by atoms with Gasteiger partial charge >= 0.3 is 0 Å². The van der Waals surface area contributed by atoms with Crippen LogP contribution in [0.3, 0.4) is 0 Å². The lowest BCUT2D eigenvalue weighted by Gasteiger charge is -2.14. The third-order valence-corrected chi connectivity index (χ3v) is 3.13. The molecule has 21 heavy (non-hydrogen) atoms. The van der Waals surface area contributed by atoms with Crippen molar-refractivity contribution < 1.29 is 14.2 Å². The van der Waals surface area contributed by atoms with E-state index in [1.54, 1.807) is 31.4 Å². The number of anilines is 3. The zero-order chi connectivity index (χ0) is 15.4. The number of aromatic nitrogens is 1. The number of nitrogens with one attached hydrogen (secondary N) is 1. The van der Waals surface area contributed by atoms with Crippen LogP contribution in [0.5, 0.6) is 17.4 Å². The van der Waals surface area contributed by atoms with Crippen LogP contribution in [-0.2, 0) is 0 Å². The molecule has 0 atom stereocenters. The largest absolute Gasteiger partial charge is 0.495 e. The molecule has 0 aliphatic heterocycles. The number of benzene rings is 1. The van der Waals surface area contributed by atoms with E-state index < -0.39 is 0 Å². The molecular weight excluding hydrogens is 294 g/mol. The lowest BCUT2D eigenvalue weighted by Crippen LogP contribution is -2.02. The molecule has 1 heterocycles. The summed E-state index contributed by atoms with van der Waals surface area (Å²) >= 11 is 6.13. The van der Waals surface area contributed by atoms with E-state index in [2.05, 4.69) is 10.3 Å². The van der Waals surface area contributed by atoms with Crippen molar-refractivity contribution in [3.63, 3.8) is 0 Å². The van der Waals surface area contributed by atoms with Gasteiger partial charge in [0, 0.05) is 12.1 Å². The van der Waals surface area contributed by atoms with Crippen LogP contribution in [0.15, 0.2) is 24.3 Å². The van der Waals surface area contributed by atoms with Crippen LogP contribution in [0.4, 0.5) is 17.2 Å². The van der Waals surface area contributed by atoms with Crippen molar-refractivity contribution in [2.75, 3.05) is 32.4 Å². The summed E-state index contributed by atoms with van der Waals surface area (Å²) in [6.07, 6.45) is 0. The van der Waals surface area contributed by atoms with E-state index >= 15 is 0 Å². The Morgan fingerprint density at radius 2 is 1.76 bits per heavy atom. The number of halogens is 1. The summed E-state index contributed by atoms with van der Waals surface area (Å²) in [5, 5.41) is 3.52. The minimum Gasteiger partial charge on any atom is -0.495 e. The molecule has 1 aromatic heterocycles. The quantitative estimate of drug-likeness (QED) is 0.883. The molecule has 6 nitrogen and oxygen atoms in total. The molecule has 1 aromatic carbocycles. The van der Waals surface area contributed by atoms with Gasteiger partial charge in [-0.25, -0.2) is 0 Å². The zero-order valence-corrected chi connectivity index (χ0v) is 12.7. The van der Waals surface area contributed by atoms with Crippen LogP contribution < -0.4 is 25.3 Å². The monoisotopic (exact) mass is 309 g/mol. The average Bonchev–Trinajstić information content (AvgIpc) is 2.49. The Kier molecular flexibility index (Phi) is 4.59. The van der Waals surface area contributed by atoms with E-state index in [1.165, 1.54) is 14.2 Å². The Balaban J connectivity index is 2.41. The Labute approximate surface area is 127 Å². The first-order chi connectivity index (χ1) is 10.1. The van der Waals surface area contributed by atoms with Gasteiger partial charge in [0.05, 0.1) is 37.7 Å².